The third kappa shape index (κ3) is 6.60. The first kappa shape index (κ1) is 32.2. The summed E-state index contributed by atoms with van der Waals surface area (Å²) in [5, 5.41) is 7.98. The average Bonchev–Trinajstić information content (AvgIpc) is 2.92. The molecule has 8 heteroatoms. The zero-order chi connectivity index (χ0) is 31.6. The molecule has 4 aromatic rings. The van der Waals surface area contributed by atoms with Crippen molar-refractivity contribution in [3.63, 3.8) is 0 Å². The lowest BCUT2D eigenvalue weighted by atomic mass is 9.81. The van der Waals surface area contributed by atoms with E-state index in [1.54, 1.807) is 6.26 Å². The number of benzene rings is 3. The minimum Gasteiger partial charge on any atom is -0.493 e. The highest BCUT2D eigenvalue weighted by atomic mass is 32.2. The molecule has 0 aliphatic carbocycles. The molecule has 0 saturated heterocycles. The second kappa shape index (κ2) is 12.9. The van der Waals surface area contributed by atoms with Gasteiger partial charge < -0.3 is 19.3 Å². The molecular weight excluding hydrogens is 560 g/mol. The predicted molar refractivity (Wildman–Crippen MR) is 176 cm³/mol. The molecule has 2 heterocycles. The van der Waals surface area contributed by atoms with Crippen LogP contribution in [0.25, 0.3) is 33.2 Å². The van der Waals surface area contributed by atoms with Crippen LogP contribution in [0.1, 0.15) is 67.2 Å². The number of hydrogen-bond donors (Lipinski definition) is 2. The van der Waals surface area contributed by atoms with E-state index in [-0.39, 0.29) is 18.2 Å². The van der Waals surface area contributed by atoms with Crippen LogP contribution in [0.2, 0.25) is 0 Å². The van der Waals surface area contributed by atoms with Gasteiger partial charge in [0, 0.05) is 35.4 Å². The fourth-order valence-electron chi connectivity index (χ4n) is 6.10. The van der Waals surface area contributed by atoms with Gasteiger partial charge in [-0.25, -0.2) is 4.21 Å². The van der Waals surface area contributed by atoms with Crippen LogP contribution >= 0.6 is 0 Å². The van der Waals surface area contributed by atoms with E-state index < -0.39 is 11.0 Å². The topological polar surface area (TPSA) is 97.8 Å². The molecular formula is C35H42N2O5S. The monoisotopic (exact) mass is 602 g/mol. The molecule has 2 N–H and O–H groups in total. The molecule has 0 fully saturated rings. The van der Waals surface area contributed by atoms with Gasteiger partial charge in [0.05, 0.1) is 29.5 Å². The number of ether oxygens (including phenoxy) is 2. The Bertz CT molecular complexity index is 1700. The first-order valence-corrected chi connectivity index (χ1v) is 16.0. The number of anilines is 1. The van der Waals surface area contributed by atoms with Crippen molar-refractivity contribution in [3.05, 3.63) is 76.0 Å². The van der Waals surface area contributed by atoms with Crippen LogP contribution in [0.3, 0.4) is 0 Å². The zero-order valence-electron chi connectivity index (χ0n) is 26.5. The SMILES string of the molecule is Cc1ccc(-c2c(C)c(-c3ccc4c5c(ccnc35)CCO4)c(C(C)OC(C)(C)C)c(C)c2NS(C)=O)cc1C.O=CO. The van der Waals surface area contributed by atoms with Crippen molar-refractivity contribution in [1.82, 2.24) is 4.98 Å². The van der Waals surface area contributed by atoms with Gasteiger partial charge in [-0.05, 0) is 118 Å². The molecule has 0 amide bonds. The molecule has 1 aliphatic heterocycles. The van der Waals surface area contributed by atoms with Gasteiger partial charge in [0.2, 0.25) is 0 Å². The minimum absolute atomic E-state index is 0.226. The largest absolute Gasteiger partial charge is 0.493 e. The highest BCUT2D eigenvalue weighted by Crippen LogP contribution is 2.49. The maximum Gasteiger partial charge on any atom is 0.290 e. The molecule has 0 spiro atoms. The Labute approximate surface area is 257 Å². The van der Waals surface area contributed by atoms with E-state index in [0.717, 1.165) is 67.7 Å². The summed E-state index contributed by atoms with van der Waals surface area (Å²) in [6.45, 7) is 17.3. The van der Waals surface area contributed by atoms with E-state index in [2.05, 4.69) is 96.5 Å². The van der Waals surface area contributed by atoms with Crippen molar-refractivity contribution in [2.75, 3.05) is 17.6 Å². The molecule has 7 nitrogen and oxygen atoms in total. The number of aryl methyl sites for hydroxylation is 2. The molecule has 0 saturated carbocycles. The summed E-state index contributed by atoms with van der Waals surface area (Å²) in [7, 11) is -1.26. The Morgan fingerprint density at radius 3 is 2.37 bits per heavy atom. The Balaban J connectivity index is 0.00000135. The third-order valence-electron chi connectivity index (χ3n) is 7.87. The summed E-state index contributed by atoms with van der Waals surface area (Å²) in [5.74, 6) is 0.886. The lowest BCUT2D eigenvalue weighted by Gasteiger charge is -2.32. The summed E-state index contributed by atoms with van der Waals surface area (Å²) < 4.78 is 28.6. The van der Waals surface area contributed by atoms with Crippen molar-refractivity contribution in [1.29, 1.82) is 0 Å². The lowest BCUT2D eigenvalue weighted by Crippen LogP contribution is -2.23. The van der Waals surface area contributed by atoms with E-state index >= 15 is 0 Å². The first-order chi connectivity index (χ1) is 20.3. The average molecular weight is 603 g/mol. The molecule has 5 rings (SSSR count). The van der Waals surface area contributed by atoms with Crippen molar-refractivity contribution >= 4 is 34.0 Å². The molecule has 228 valence electrons. The summed E-state index contributed by atoms with van der Waals surface area (Å²) in [5.41, 5.74) is 12.7. The Hall–Kier alpha value is -3.75. The number of aromatic nitrogens is 1. The van der Waals surface area contributed by atoms with Crippen LogP contribution in [0.5, 0.6) is 5.75 Å². The Kier molecular flexibility index (Phi) is 9.62. The molecule has 1 aliphatic rings. The summed E-state index contributed by atoms with van der Waals surface area (Å²) >= 11 is 0. The minimum atomic E-state index is -1.26. The molecule has 3 aromatic carbocycles. The Morgan fingerprint density at radius 2 is 1.74 bits per heavy atom. The normalized spacial score (nSPS) is 13.9. The van der Waals surface area contributed by atoms with Gasteiger partial charge in [-0.2, -0.15) is 0 Å². The van der Waals surface area contributed by atoms with Crippen LogP contribution in [-0.2, 0) is 26.9 Å². The molecule has 2 unspecified atom stereocenters. The van der Waals surface area contributed by atoms with E-state index in [1.807, 2.05) is 6.20 Å². The van der Waals surface area contributed by atoms with Gasteiger partial charge in [0.1, 0.15) is 16.7 Å². The van der Waals surface area contributed by atoms with Crippen molar-refractivity contribution in [2.24, 2.45) is 0 Å². The van der Waals surface area contributed by atoms with Crippen molar-refractivity contribution < 1.29 is 23.6 Å². The van der Waals surface area contributed by atoms with Gasteiger partial charge >= 0.3 is 0 Å². The molecule has 0 bridgehead atoms. The highest BCUT2D eigenvalue weighted by Gasteiger charge is 2.29. The number of carboxylic acid groups (broad SMARTS) is 1. The number of rotatable bonds is 6. The van der Waals surface area contributed by atoms with Gasteiger partial charge in [-0.3, -0.25) is 9.78 Å². The van der Waals surface area contributed by atoms with Crippen molar-refractivity contribution in [2.45, 2.75) is 73.5 Å². The van der Waals surface area contributed by atoms with Gasteiger partial charge in [-0.1, -0.05) is 18.2 Å². The maximum atomic E-state index is 12.7. The first-order valence-electron chi connectivity index (χ1n) is 14.4. The van der Waals surface area contributed by atoms with Gasteiger partial charge in [-0.15, -0.1) is 0 Å². The van der Waals surface area contributed by atoms with E-state index in [9.17, 15) is 4.21 Å². The lowest BCUT2D eigenvalue weighted by molar-refractivity contribution is -0.122. The fourth-order valence-corrected chi connectivity index (χ4v) is 6.64. The van der Waals surface area contributed by atoms with E-state index in [4.69, 9.17) is 24.4 Å². The summed E-state index contributed by atoms with van der Waals surface area (Å²) in [4.78, 5) is 13.3. The molecule has 43 heavy (non-hydrogen) atoms. The van der Waals surface area contributed by atoms with E-state index in [1.165, 1.54) is 16.7 Å². The number of pyridine rings is 1. The summed E-state index contributed by atoms with van der Waals surface area (Å²) in [6.07, 6.45) is 4.23. The van der Waals surface area contributed by atoms with Crippen molar-refractivity contribution in [3.8, 4) is 28.0 Å². The number of carbonyl (C=O) groups is 1. The van der Waals surface area contributed by atoms with Crippen LogP contribution < -0.4 is 9.46 Å². The molecule has 2 atom stereocenters. The van der Waals surface area contributed by atoms with Crippen LogP contribution in [0.15, 0.2) is 42.6 Å². The zero-order valence-corrected chi connectivity index (χ0v) is 27.4. The highest BCUT2D eigenvalue weighted by molar-refractivity contribution is 7.85. The number of hydrogen-bond acceptors (Lipinski definition) is 5. The fraction of sp³-hybridized carbons (Fsp3) is 0.371. The number of nitrogens with one attached hydrogen (secondary N) is 1. The smallest absolute Gasteiger partial charge is 0.290 e. The standard InChI is InChI=1S/C34H40N2O3S.CH2O2/c1-19-10-11-25(18-20(19)2)29-21(3)30(26-12-13-27-31-24(15-17-38-27)14-16-35-33(26)31)28(23(5)39-34(6,7)8)22(4)32(29)36-40(9)37;2-1-3/h10-14,16,18,23,36H,15,17H2,1-9H3;1H,(H,2,3). The van der Waals surface area contributed by atoms with Crippen LogP contribution in [0.4, 0.5) is 5.69 Å². The van der Waals surface area contributed by atoms with Crippen LogP contribution in [-0.4, -0.2) is 39.2 Å². The molecule has 0 radical (unpaired) electrons. The predicted octanol–water partition coefficient (Wildman–Crippen LogP) is 8.02. The second-order valence-electron chi connectivity index (χ2n) is 12.0. The second-order valence-corrected chi connectivity index (χ2v) is 13.1. The van der Waals surface area contributed by atoms with Gasteiger partial charge in [0.25, 0.3) is 6.47 Å². The Morgan fingerprint density at radius 1 is 1.05 bits per heavy atom. The maximum absolute atomic E-state index is 12.7. The third-order valence-corrected chi connectivity index (χ3v) is 8.36. The van der Waals surface area contributed by atoms with Crippen LogP contribution in [0, 0.1) is 27.7 Å². The summed E-state index contributed by atoms with van der Waals surface area (Å²) in [6, 6.07) is 12.9. The quantitative estimate of drug-likeness (QED) is 0.217. The number of nitrogens with zero attached hydrogens (tertiary/aromatic N) is 1. The van der Waals surface area contributed by atoms with Gasteiger partial charge in [0.15, 0.2) is 0 Å². The molecule has 1 aromatic heterocycles. The van der Waals surface area contributed by atoms with E-state index in [0.29, 0.717) is 6.61 Å².